The zero-order valence-corrected chi connectivity index (χ0v) is 7.30. The molecule has 2 heteroatoms. The molecule has 0 atom stereocenters. The molecule has 1 aromatic rings. The summed E-state index contributed by atoms with van der Waals surface area (Å²) in [4.78, 5) is 3.55. The molecule has 0 aliphatic rings. The molecule has 0 saturated carbocycles. The maximum Gasteiger partial charge on any atom is 0.0562 e. The van der Waals surface area contributed by atoms with Crippen molar-refractivity contribution in [2.45, 2.75) is 19.9 Å². The third kappa shape index (κ3) is 2.52. The molecule has 0 saturated heterocycles. The molecular weight excluding hydrogens is 158 g/mol. The number of nitrogens with zero attached hydrogens (tertiary/aromatic N) is 1. The van der Waals surface area contributed by atoms with Crippen LogP contribution in [0.5, 0.6) is 0 Å². The minimum absolute atomic E-state index is 0.607. The Morgan fingerprint density at radius 3 is 2.73 bits per heavy atom. The lowest BCUT2D eigenvalue weighted by Crippen LogP contribution is -1.92. The van der Waals surface area contributed by atoms with Crippen LogP contribution in [0.2, 0.25) is 0 Å². The van der Waals surface area contributed by atoms with Crippen LogP contribution in [-0.4, -0.2) is 0 Å². The molecule has 0 aliphatic carbocycles. The molecule has 11 heavy (non-hydrogen) atoms. The Morgan fingerprint density at radius 1 is 1.36 bits per heavy atom. The van der Waals surface area contributed by atoms with Crippen LogP contribution >= 0.6 is 11.8 Å². The molecule has 0 fully saturated rings. The minimum Gasteiger partial charge on any atom is -0.134 e. The molecule has 1 radical (unpaired) electrons. The Kier molecular flexibility index (Phi) is 3.40. The van der Waals surface area contributed by atoms with Gasteiger partial charge in [-0.15, -0.1) is 4.84 Å². The molecule has 0 spiro atoms. The summed E-state index contributed by atoms with van der Waals surface area (Å²) >= 11 is 5.26. The summed E-state index contributed by atoms with van der Waals surface area (Å²) < 4.78 is 0. The van der Waals surface area contributed by atoms with Gasteiger partial charge in [0.25, 0.3) is 0 Å². The average Bonchev–Trinajstić information content (AvgIpc) is 2.06. The van der Waals surface area contributed by atoms with Gasteiger partial charge in [-0.1, -0.05) is 31.2 Å². The molecule has 0 bridgehead atoms. The predicted molar refractivity (Wildman–Crippen MR) is 47.5 cm³/mol. The van der Waals surface area contributed by atoms with Gasteiger partial charge >= 0.3 is 0 Å². The number of hydrogen-bond acceptors (Lipinski definition) is 0. The van der Waals surface area contributed by atoms with Gasteiger partial charge in [0, 0.05) is 0 Å². The molecular formula is C9H11ClN. The fourth-order valence-electron chi connectivity index (χ4n) is 1.02. The van der Waals surface area contributed by atoms with Gasteiger partial charge in [0.05, 0.1) is 6.54 Å². The largest absolute Gasteiger partial charge is 0.134 e. The number of aryl methyl sites for hydroxylation is 1. The summed E-state index contributed by atoms with van der Waals surface area (Å²) in [6.07, 6.45) is 1.07. The van der Waals surface area contributed by atoms with Crippen LogP contribution in [0.15, 0.2) is 24.3 Å². The van der Waals surface area contributed by atoms with Crippen molar-refractivity contribution < 1.29 is 0 Å². The van der Waals surface area contributed by atoms with Crippen LogP contribution in [0.25, 0.3) is 0 Å². The van der Waals surface area contributed by atoms with Gasteiger partial charge < -0.3 is 0 Å². The number of halogens is 1. The van der Waals surface area contributed by atoms with E-state index in [1.54, 1.807) is 0 Å². The van der Waals surface area contributed by atoms with E-state index in [2.05, 4.69) is 23.9 Å². The SMILES string of the molecule is CCc1cccc(C[N]Cl)c1. The first kappa shape index (κ1) is 8.57. The molecule has 1 aromatic carbocycles. The molecule has 59 valence electrons. The fraction of sp³-hybridized carbons (Fsp3) is 0.333. The summed E-state index contributed by atoms with van der Waals surface area (Å²) in [5.74, 6) is 0. The number of hydrogen-bond donors (Lipinski definition) is 0. The van der Waals surface area contributed by atoms with E-state index in [0.717, 1.165) is 6.42 Å². The van der Waals surface area contributed by atoms with Crippen molar-refractivity contribution >= 4 is 11.8 Å². The Morgan fingerprint density at radius 2 is 2.09 bits per heavy atom. The van der Waals surface area contributed by atoms with E-state index in [4.69, 9.17) is 11.8 Å². The van der Waals surface area contributed by atoms with E-state index < -0.39 is 0 Å². The molecule has 0 N–H and O–H groups in total. The molecule has 0 amide bonds. The number of benzene rings is 1. The summed E-state index contributed by atoms with van der Waals surface area (Å²) in [6.45, 7) is 2.74. The zero-order valence-electron chi connectivity index (χ0n) is 6.55. The summed E-state index contributed by atoms with van der Waals surface area (Å²) in [5.41, 5.74) is 2.52. The monoisotopic (exact) mass is 168 g/mol. The lowest BCUT2D eigenvalue weighted by Gasteiger charge is -1.99. The molecule has 0 aliphatic heterocycles. The Balaban J connectivity index is 2.74. The smallest absolute Gasteiger partial charge is 0.0562 e. The highest BCUT2D eigenvalue weighted by atomic mass is 35.5. The molecule has 0 aromatic heterocycles. The van der Waals surface area contributed by atoms with Gasteiger partial charge in [0.1, 0.15) is 0 Å². The zero-order chi connectivity index (χ0) is 8.10. The fourth-order valence-corrected chi connectivity index (χ4v) is 1.15. The second kappa shape index (κ2) is 4.37. The summed E-state index contributed by atoms with van der Waals surface area (Å²) in [5, 5.41) is 0. The lowest BCUT2D eigenvalue weighted by molar-refractivity contribution is 0.941. The Labute approximate surface area is 72.5 Å². The van der Waals surface area contributed by atoms with Crippen LogP contribution in [0.4, 0.5) is 0 Å². The van der Waals surface area contributed by atoms with Crippen molar-refractivity contribution in [2.75, 3.05) is 0 Å². The van der Waals surface area contributed by atoms with Crippen molar-refractivity contribution in [3.05, 3.63) is 35.4 Å². The van der Waals surface area contributed by atoms with Crippen molar-refractivity contribution in [3.63, 3.8) is 0 Å². The van der Waals surface area contributed by atoms with E-state index in [1.807, 2.05) is 12.1 Å². The van der Waals surface area contributed by atoms with Crippen molar-refractivity contribution in [3.8, 4) is 0 Å². The molecule has 1 nitrogen and oxygen atoms in total. The number of rotatable bonds is 3. The van der Waals surface area contributed by atoms with Gasteiger partial charge in [0.2, 0.25) is 0 Å². The van der Waals surface area contributed by atoms with Crippen LogP contribution in [0.1, 0.15) is 18.1 Å². The topological polar surface area (TPSA) is 14.1 Å². The van der Waals surface area contributed by atoms with E-state index in [0.29, 0.717) is 6.54 Å². The van der Waals surface area contributed by atoms with Gasteiger partial charge in [-0.3, -0.25) is 0 Å². The maximum atomic E-state index is 5.26. The Hall–Kier alpha value is -0.530. The quantitative estimate of drug-likeness (QED) is 0.659. The summed E-state index contributed by atoms with van der Waals surface area (Å²) in [6, 6.07) is 8.31. The first-order valence-corrected chi connectivity index (χ1v) is 4.06. The first-order chi connectivity index (χ1) is 5.36. The Bertz CT molecular complexity index is 223. The lowest BCUT2D eigenvalue weighted by atomic mass is 10.1. The third-order valence-electron chi connectivity index (χ3n) is 1.64. The van der Waals surface area contributed by atoms with Crippen LogP contribution in [0, 0.1) is 0 Å². The van der Waals surface area contributed by atoms with Crippen LogP contribution in [-0.2, 0) is 13.0 Å². The minimum atomic E-state index is 0.607. The highest BCUT2D eigenvalue weighted by Crippen LogP contribution is 2.05. The normalized spacial score (nSPS) is 10.0. The maximum absolute atomic E-state index is 5.26. The third-order valence-corrected chi connectivity index (χ3v) is 1.76. The van der Waals surface area contributed by atoms with Gasteiger partial charge in [-0.05, 0) is 29.3 Å². The van der Waals surface area contributed by atoms with Crippen LogP contribution in [0.3, 0.4) is 0 Å². The van der Waals surface area contributed by atoms with E-state index in [-0.39, 0.29) is 0 Å². The van der Waals surface area contributed by atoms with Crippen molar-refractivity contribution in [1.82, 2.24) is 4.84 Å². The second-order valence-corrected chi connectivity index (χ2v) is 2.69. The van der Waals surface area contributed by atoms with Gasteiger partial charge in [0.15, 0.2) is 0 Å². The van der Waals surface area contributed by atoms with E-state index in [9.17, 15) is 0 Å². The predicted octanol–water partition coefficient (Wildman–Crippen LogP) is 2.51. The molecule has 0 heterocycles. The van der Waals surface area contributed by atoms with E-state index in [1.165, 1.54) is 11.1 Å². The summed E-state index contributed by atoms with van der Waals surface area (Å²) in [7, 11) is 0. The van der Waals surface area contributed by atoms with Crippen molar-refractivity contribution in [1.29, 1.82) is 0 Å². The van der Waals surface area contributed by atoms with E-state index >= 15 is 0 Å². The average molecular weight is 169 g/mol. The first-order valence-electron chi connectivity index (χ1n) is 3.72. The van der Waals surface area contributed by atoms with Crippen molar-refractivity contribution in [2.24, 2.45) is 0 Å². The van der Waals surface area contributed by atoms with Crippen LogP contribution < -0.4 is 4.84 Å². The van der Waals surface area contributed by atoms with Gasteiger partial charge in [-0.25, -0.2) is 0 Å². The second-order valence-electron chi connectivity index (χ2n) is 2.45. The molecule has 1 rings (SSSR count). The van der Waals surface area contributed by atoms with Gasteiger partial charge in [-0.2, -0.15) is 0 Å². The highest BCUT2D eigenvalue weighted by Gasteiger charge is 1.92. The highest BCUT2D eigenvalue weighted by molar-refractivity contribution is 6.13. The molecule has 0 unspecified atom stereocenters. The standard InChI is InChI=1S/C9H11ClN/c1-2-8-4-3-5-9(6-8)7-11-10/h3-6H,2,7H2,1H3.